The van der Waals surface area contributed by atoms with Crippen LogP contribution in [0.15, 0.2) is 72.8 Å². The van der Waals surface area contributed by atoms with Crippen LogP contribution in [-0.4, -0.2) is 36.1 Å². The lowest BCUT2D eigenvalue weighted by Crippen LogP contribution is -2.36. The van der Waals surface area contributed by atoms with Gasteiger partial charge in [-0.15, -0.1) is 0 Å². The molecule has 0 saturated heterocycles. The molecule has 0 saturated carbocycles. The number of carbonyl (C=O) groups is 3. The Morgan fingerprint density at radius 3 is 2.15 bits per heavy atom. The molecule has 9 nitrogen and oxygen atoms in total. The molecule has 0 spiro atoms. The largest absolute Gasteiger partial charge is 0.497 e. The Balaban J connectivity index is 1.48. The number of halogens is 1. The van der Waals surface area contributed by atoms with Crippen LogP contribution in [0, 0.1) is 0 Å². The number of methoxy groups -OCH3 is 1. The van der Waals surface area contributed by atoms with E-state index in [1.165, 1.54) is 4.68 Å². The molecule has 3 aromatic carbocycles. The Morgan fingerprint density at radius 1 is 0.821 bits per heavy atom. The van der Waals surface area contributed by atoms with E-state index < -0.39 is 17.7 Å². The van der Waals surface area contributed by atoms with Crippen molar-refractivity contribution in [3.05, 3.63) is 83.5 Å². The average molecular weight is 549 g/mol. The standard InChI is InChI=1S/C29H29ClN4O5/c1-3-4-5-16-39-24-13-9-22(10-14-24)32-28(36)29(37)33-34-25-15-6-20(30)17-19(25)18-26(34)27(35)31-21-7-11-23(38-2)12-8-21/h6-15,17-18H,3-5,16H2,1-2H3,(H,31,35)(H,32,36)(H,33,37). The number of nitrogens with one attached hydrogen (secondary N) is 3. The molecule has 4 rings (SSSR count). The summed E-state index contributed by atoms with van der Waals surface area (Å²) < 4.78 is 12.1. The number of benzene rings is 3. The van der Waals surface area contributed by atoms with E-state index in [9.17, 15) is 14.4 Å². The van der Waals surface area contributed by atoms with Crippen molar-refractivity contribution >= 4 is 51.6 Å². The predicted molar refractivity (Wildman–Crippen MR) is 152 cm³/mol. The Labute approximate surface area is 231 Å². The fourth-order valence-electron chi connectivity index (χ4n) is 3.86. The summed E-state index contributed by atoms with van der Waals surface area (Å²) in [5, 5.41) is 6.41. The molecular formula is C29H29ClN4O5. The van der Waals surface area contributed by atoms with Gasteiger partial charge in [-0.25, -0.2) is 4.68 Å². The summed E-state index contributed by atoms with van der Waals surface area (Å²) >= 11 is 6.14. The summed E-state index contributed by atoms with van der Waals surface area (Å²) in [4.78, 5) is 38.7. The lowest BCUT2D eigenvalue weighted by atomic mass is 10.2. The number of aromatic nitrogens is 1. The number of rotatable bonds is 10. The molecule has 4 aromatic rings. The first kappa shape index (κ1) is 27.5. The first-order chi connectivity index (χ1) is 18.9. The van der Waals surface area contributed by atoms with E-state index in [0.29, 0.717) is 45.4 Å². The molecule has 202 valence electrons. The Morgan fingerprint density at radius 2 is 1.49 bits per heavy atom. The summed E-state index contributed by atoms with van der Waals surface area (Å²) in [6, 6.07) is 20.1. The van der Waals surface area contributed by atoms with Crippen molar-refractivity contribution in [2.24, 2.45) is 0 Å². The van der Waals surface area contributed by atoms with Crippen molar-refractivity contribution < 1.29 is 23.9 Å². The van der Waals surface area contributed by atoms with Gasteiger partial charge in [0.15, 0.2) is 0 Å². The van der Waals surface area contributed by atoms with Crippen molar-refractivity contribution in [2.45, 2.75) is 26.2 Å². The summed E-state index contributed by atoms with van der Waals surface area (Å²) in [5.41, 5.74) is 4.08. The molecule has 0 fully saturated rings. The summed E-state index contributed by atoms with van der Waals surface area (Å²) in [7, 11) is 1.55. The van der Waals surface area contributed by atoms with Gasteiger partial charge in [0.05, 0.1) is 19.2 Å². The monoisotopic (exact) mass is 548 g/mol. The maximum absolute atomic E-state index is 13.2. The fourth-order valence-corrected chi connectivity index (χ4v) is 4.04. The normalized spacial score (nSPS) is 10.6. The zero-order valence-corrected chi connectivity index (χ0v) is 22.4. The second kappa shape index (κ2) is 12.8. The summed E-state index contributed by atoms with van der Waals surface area (Å²) in [5.74, 6) is -1.03. The number of ether oxygens (including phenoxy) is 2. The molecule has 0 aliphatic heterocycles. The highest BCUT2D eigenvalue weighted by Crippen LogP contribution is 2.24. The van der Waals surface area contributed by atoms with Crippen LogP contribution in [0.5, 0.6) is 11.5 Å². The second-order valence-electron chi connectivity index (χ2n) is 8.73. The van der Waals surface area contributed by atoms with Gasteiger partial charge in [-0.3, -0.25) is 19.8 Å². The molecule has 3 amide bonds. The van der Waals surface area contributed by atoms with E-state index >= 15 is 0 Å². The molecule has 0 unspecified atom stereocenters. The van der Waals surface area contributed by atoms with Crippen LogP contribution in [0.4, 0.5) is 11.4 Å². The van der Waals surface area contributed by atoms with E-state index in [0.717, 1.165) is 19.3 Å². The fraction of sp³-hybridized carbons (Fsp3) is 0.207. The quantitative estimate of drug-likeness (QED) is 0.170. The van der Waals surface area contributed by atoms with E-state index in [4.69, 9.17) is 21.1 Å². The first-order valence-electron chi connectivity index (χ1n) is 12.5. The summed E-state index contributed by atoms with van der Waals surface area (Å²) in [6.45, 7) is 2.74. The molecule has 1 aromatic heterocycles. The average Bonchev–Trinajstić information content (AvgIpc) is 3.29. The smallest absolute Gasteiger partial charge is 0.328 e. The minimum Gasteiger partial charge on any atom is -0.497 e. The molecule has 1 heterocycles. The maximum Gasteiger partial charge on any atom is 0.328 e. The lowest BCUT2D eigenvalue weighted by molar-refractivity contribution is -0.133. The molecular weight excluding hydrogens is 520 g/mol. The van der Waals surface area contributed by atoms with Gasteiger partial charge < -0.3 is 20.1 Å². The number of fused-ring (bicyclic) bond motifs is 1. The number of hydrogen-bond acceptors (Lipinski definition) is 5. The van der Waals surface area contributed by atoms with Crippen LogP contribution in [0.1, 0.15) is 36.7 Å². The van der Waals surface area contributed by atoms with Gasteiger partial charge in [0.1, 0.15) is 17.2 Å². The Bertz CT molecular complexity index is 1470. The highest BCUT2D eigenvalue weighted by Gasteiger charge is 2.21. The van der Waals surface area contributed by atoms with Gasteiger partial charge in [-0.05, 0) is 79.2 Å². The van der Waals surface area contributed by atoms with Gasteiger partial charge in [-0.1, -0.05) is 31.4 Å². The van der Waals surface area contributed by atoms with E-state index in [1.807, 2.05) is 0 Å². The first-order valence-corrected chi connectivity index (χ1v) is 12.9. The number of carbonyl (C=O) groups excluding carboxylic acids is 3. The van der Waals surface area contributed by atoms with Crippen molar-refractivity contribution in [1.82, 2.24) is 4.68 Å². The third-order valence-corrected chi connectivity index (χ3v) is 6.13. The number of anilines is 2. The molecule has 0 radical (unpaired) electrons. The highest BCUT2D eigenvalue weighted by atomic mass is 35.5. The zero-order valence-electron chi connectivity index (χ0n) is 21.6. The van der Waals surface area contributed by atoms with Crippen LogP contribution < -0.4 is 25.5 Å². The molecule has 39 heavy (non-hydrogen) atoms. The maximum atomic E-state index is 13.2. The zero-order chi connectivity index (χ0) is 27.8. The number of amides is 3. The highest BCUT2D eigenvalue weighted by molar-refractivity contribution is 6.42. The van der Waals surface area contributed by atoms with Crippen molar-refractivity contribution in [1.29, 1.82) is 0 Å². The second-order valence-corrected chi connectivity index (χ2v) is 9.16. The van der Waals surface area contributed by atoms with Gasteiger partial charge >= 0.3 is 11.8 Å². The van der Waals surface area contributed by atoms with Crippen LogP contribution >= 0.6 is 11.6 Å². The van der Waals surface area contributed by atoms with Gasteiger partial charge in [-0.2, -0.15) is 0 Å². The molecule has 3 N–H and O–H groups in total. The number of hydrogen-bond donors (Lipinski definition) is 3. The van der Waals surface area contributed by atoms with Crippen molar-refractivity contribution in [3.8, 4) is 11.5 Å². The summed E-state index contributed by atoms with van der Waals surface area (Å²) in [6.07, 6.45) is 3.17. The minimum atomic E-state index is -0.958. The molecule has 10 heteroatoms. The van der Waals surface area contributed by atoms with Crippen LogP contribution in [0.25, 0.3) is 10.9 Å². The van der Waals surface area contributed by atoms with Crippen LogP contribution in [-0.2, 0) is 9.59 Å². The SMILES string of the molecule is CCCCCOc1ccc(NC(=O)C(=O)Nn2c(C(=O)Nc3ccc(OC)cc3)cc3cc(Cl)ccc32)cc1. The van der Waals surface area contributed by atoms with E-state index in [-0.39, 0.29) is 5.69 Å². The number of nitrogens with zero attached hydrogens (tertiary/aromatic N) is 1. The molecule has 0 aliphatic rings. The van der Waals surface area contributed by atoms with E-state index in [2.05, 4.69) is 23.0 Å². The molecule has 0 bridgehead atoms. The van der Waals surface area contributed by atoms with E-state index in [1.54, 1.807) is 79.9 Å². The van der Waals surface area contributed by atoms with Crippen molar-refractivity contribution in [3.63, 3.8) is 0 Å². The van der Waals surface area contributed by atoms with Gasteiger partial charge in [0.2, 0.25) is 0 Å². The lowest BCUT2D eigenvalue weighted by Gasteiger charge is -2.13. The van der Waals surface area contributed by atoms with Gasteiger partial charge in [0, 0.05) is 21.8 Å². The Kier molecular flexibility index (Phi) is 9.06. The predicted octanol–water partition coefficient (Wildman–Crippen LogP) is 5.83. The third-order valence-electron chi connectivity index (χ3n) is 5.89. The van der Waals surface area contributed by atoms with Crippen LogP contribution in [0.3, 0.4) is 0 Å². The molecule has 0 aliphatic carbocycles. The Hall–Kier alpha value is -4.50. The van der Waals surface area contributed by atoms with Gasteiger partial charge in [0.25, 0.3) is 5.91 Å². The molecule has 0 atom stereocenters. The number of unbranched alkanes of at least 4 members (excludes halogenated alkanes) is 2. The third kappa shape index (κ3) is 7.08. The van der Waals surface area contributed by atoms with Crippen molar-refractivity contribution in [2.75, 3.05) is 29.8 Å². The topological polar surface area (TPSA) is 111 Å². The van der Waals surface area contributed by atoms with Crippen LogP contribution in [0.2, 0.25) is 5.02 Å². The minimum absolute atomic E-state index is 0.105.